The number of aliphatic imine (C=N–C) groups is 1. The Kier molecular flexibility index (Phi) is 5.44. The fourth-order valence-electron chi connectivity index (χ4n) is 0.768. The second-order valence-electron chi connectivity index (χ2n) is 2.83. The summed E-state index contributed by atoms with van der Waals surface area (Å²) in [4.78, 5) is 15.2. The maximum Gasteiger partial charge on any atom is 0.165 e. The summed E-state index contributed by atoms with van der Waals surface area (Å²) in [5, 5.41) is 0. The van der Waals surface area contributed by atoms with Crippen LogP contribution in [0.4, 0.5) is 0 Å². The van der Waals surface area contributed by atoms with Gasteiger partial charge in [-0.05, 0) is 6.08 Å². The summed E-state index contributed by atoms with van der Waals surface area (Å²) in [6, 6.07) is 0. The highest BCUT2D eigenvalue weighted by Gasteiger charge is 2.09. The number of Topliss-reactive ketones (excluding diaryl/α,β-unsaturated/α-hetero) is 1. The van der Waals surface area contributed by atoms with Crippen LogP contribution in [0.3, 0.4) is 0 Å². The molecule has 0 unspecified atom stereocenters. The van der Waals surface area contributed by atoms with Gasteiger partial charge in [0.1, 0.15) is 0 Å². The van der Waals surface area contributed by atoms with Gasteiger partial charge >= 0.3 is 0 Å². The highest BCUT2D eigenvalue weighted by atomic mass is 16.1. The van der Waals surface area contributed by atoms with Crippen molar-refractivity contribution in [1.29, 1.82) is 0 Å². The molecule has 0 aromatic rings. The summed E-state index contributed by atoms with van der Waals surface area (Å²) in [6.45, 7) is 10.7. The lowest BCUT2D eigenvalue weighted by Crippen LogP contribution is -2.08. The Bertz CT molecular complexity index is 259. The highest BCUT2D eigenvalue weighted by molar-refractivity contribution is 6.02. The highest BCUT2D eigenvalue weighted by Crippen LogP contribution is 2.05. The quantitative estimate of drug-likeness (QED) is 0.360. The van der Waals surface area contributed by atoms with Crippen LogP contribution < -0.4 is 0 Å². The maximum absolute atomic E-state index is 11.4. The van der Waals surface area contributed by atoms with Gasteiger partial charge in [0.15, 0.2) is 5.78 Å². The first-order valence-corrected chi connectivity index (χ1v) is 4.14. The zero-order valence-electron chi connectivity index (χ0n) is 8.16. The van der Waals surface area contributed by atoms with Crippen LogP contribution in [0.15, 0.2) is 42.1 Å². The lowest BCUT2D eigenvalue weighted by molar-refractivity contribution is -0.117. The second-order valence-corrected chi connectivity index (χ2v) is 2.83. The van der Waals surface area contributed by atoms with E-state index >= 15 is 0 Å². The minimum absolute atomic E-state index is 0.0126. The lowest BCUT2D eigenvalue weighted by Gasteiger charge is -2.02. The van der Waals surface area contributed by atoms with E-state index < -0.39 is 0 Å². The van der Waals surface area contributed by atoms with Gasteiger partial charge in [0, 0.05) is 23.9 Å². The number of hydrogen-bond acceptors (Lipinski definition) is 2. The van der Waals surface area contributed by atoms with E-state index in [1.165, 1.54) is 18.5 Å². The number of nitrogens with zero attached hydrogens (tertiary/aromatic N) is 1. The van der Waals surface area contributed by atoms with E-state index in [0.29, 0.717) is 5.57 Å². The van der Waals surface area contributed by atoms with Gasteiger partial charge in [0.05, 0.1) is 0 Å². The number of ketones is 1. The Morgan fingerprint density at radius 1 is 1.38 bits per heavy atom. The van der Waals surface area contributed by atoms with E-state index in [1.54, 1.807) is 6.08 Å². The summed E-state index contributed by atoms with van der Waals surface area (Å²) in [5.74, 6) is 0.0619. The Labute approximate surface area is 79.4 Å². The largest absolute Gasteiger partial charge is 0.294 e. The third-order valence-electron chi connectivity index (χ3n) is 1.47. The number of allylic oxidation sites excluding steroid dienone is 3. The molecule has 0 amide bonds. The first kappa shape index (κ1) is 11.6. The van der Waals surface area contributed by atoms with Crippen LogP contribution in [0.5, 0.6) is 0 Å². The fraction of sp³-hybridized carbons (Fsp3) is 0.273. The van der Waals surface area contributed by atoms with Crippen molar-refractivity contribution >= 4 is 12.0 Å². The van der Waals surface area contributed by atoms with Crippen LogP contribution in [-0.2, 0) is 4.79 Å². The monoisotopic (exact) mass is 177 g/mol. The number of rotatable bonds is 5. The summed E-state index contributed by atoms with van der Waals surface area (Å²) in [7, 11) is 0. The number of carbonyl (C=O) groups is 1. The molecular weight excluding hydrogens is 162 g/mol. The van der Waals surface area contributed by atoms with E-state index in [2.05, 4.69) is 18.2 Å². The molecule has 0 atom stereocenters. The van der Waals surface area contributed by atoms with Crippen molar-refractivity contribution in [3.8, 4) is 0 Å². The SMILES string of the molecule is C=CN=C/C=C(\C=C)C(=O)C(C)C. The number of hydrogen-bond donors (Lipinski definition) is 0. The molecule has 0 heterocycles. The van der Waals surface area contributed by atoms with Gasteiger partial charge in [-0.3, -0.25) is 9.79 Å². The van der Waals surface area contributed by atoms with Crippen LogP contribution in [0.2, 0.25) is 0 Å². The maximum atomic E-state index is 11.4. The zero-order valence-corrected chi connectivity index (χ0v) is 8.16. The van der Waals surface area contributed by atoms with Crippen LogP contribution in [0.25, 0.3) is 0 Å². The van der Waals surface area contributed by atoms with Gasteiger partial charge in [-0.15, -0.1) is 0 Å². The minimum atomic E-state index is -0.0126. The van der Waals surface area contributed by atoms with E-state index in [-0.39, 0.29) is 11.7 Å². The van der Waals surface area contributed by atoms with Gasteiger partial charge in [0.25, 0.3) is 0 Å². The Morgan fingerprint density at radius 3 is 2.38 bits per heavy atom. The molecule has 0 N–H and O–H groups in total. The van der Waals surface area contributed by atoms with Crippen molar-refractivity contribution in [3.63, 3.8) is 0 Å². The Balaban J connectivity index is 4.59. The third kappa shape index (κ3) is 4.21. The molecule has 0 spiro atoms. The van der Waals surface area contributed by atoms with Gasteiger partial charge < -0.3 is 0 Å². The van der Waals surface area contributed by atoms with Crippen molar-refractivity contribution in [1.82, 2.24) is 0 Å². The van der Waals surface area contributed by atoms with Crippen molar-refractivity contribution in [2.75, 3.05) is 0 Å². The van der Waals surface area contributed by atoms with Gasteiger partial charge in [-0.2, -0.15) is 0 Å². The molecular formula is C11H15NO. The van der Waals surface area contributed by atoms with Crippen molar-refractivity contribution in [2.24, 2.45) is 10.9 Å². The average Bonchev–Trinajstić information content (AvgIpc) is 2.11. The summed E-state index contributed by atoms with van der Waals surface area (Å²) in [6.07, 6.45) is 6.12. The van der Waals surface area contributed by atoms with Crippen molar-refractivity contribution in [2.45, 2.75) is 13.8 Å². The average molecular weight is 177 g/mol. The lowest BCUT2D eigenvalue weighted by atomic mass is 10.0. The first-order valence-electron chi connectivity index (χ1n) is 4.14. The molecule has 2 heteroatoms. The molecule has 0 aliphatic carbocycles. The Hall–Kier alpha value is -1.44. The molecule has 0 aliphatic rings. The molecule has 0 saturated carbocycles. The van der Waals surface area contributed by atoms with E-state index in [4.69, 9.17) is 0 Å². The topological polar surface area (TPSA) is 29.4 Å². The van der Waals surface area contributed by atoms with Crippen LogP contribution in [0, 0.1) is 5.92 Å². The third-order valence-corrected chi connectivity index (χ3v) is 1.47. The molecule has 0 rings (SSSR count). The minimum Gasteiger partial charge on any atom is -0.294 e. The van der Waals surface area contributed by atoms with Crippen molar-refractivity contribution in [3.05, 3.63) is 37.1 Å². The van der Waals surface area contributed by atoms with Crippen LogP contribution in [0.1, 0.15) is 13.8 Å². The molecule has 0 saturated heterocycles. The molecule has 13 heavy (non-hydrogen) atoms. The standard InChI is InChI=1S/C11H15NO/c1-5-10(7-8-12-6-2)11(13)9(3)4/h5-9H,1-2H2,3-4H3/b10-7+,12-8?. The molecule has 0 bridgehead atoms. The molecule has 0 fully saturated rings. The normalized spacial score (nSPS) is 12.1. The summed E-state index contributed by atoms with van der Waals surface area (Å²) >= 11 is 0. The smallest absolute Gasteiger partial charge is 0.165 e. The zero-order chi connectivity index (χ0) is 10.3. The predicted octanol–water partition coefficient (Wildman–Crippen LogP) is 2.54. The molecule has 0 aromatic heterocycles. The molecule has 2 nitrogen and oxygen atoms in total. The van der Waals surface area contributed by atoms with Crippen molar-refractivity contribution < 1.29 is 4.79 Å². The predicted molar refractivity (Wildman–Crippen MR) is 56.8 cm³/mol. The van der Waals surface area contributed by atoms with E-state index in [0.717, 1.165) is 0 Å². The molecule has 0 aromatic carbocycles. The first-order chi connectivity index (χ1) is 6.13. The molecule has 70 valence electrons. The van der Waals surface area contributed by atoms with Gasteiger partial charge in [-0.1, -0.05) is 33.1 Å². The summed E-state index contributed by atoms with van der Waals surface area (Å²) < 4.78 is 0. The fourth-order valence-corrected chi connectivity index (χ4v) is 0.768. The molecule has 0 radical (unpaired) electrons. The van der Waals surface area contributed by atoms with Crippen LogP contribution in [-0.4, -0.2) is 12.0 Å². The number of carbonyl (C=O) groups excluding carboxylic acids is 1. The summed E-state index contributed by atoms with van der Waals surface area (Å²) in [5.41, 5.74) is 0.584. The van der Waals surface area contributed by atoms with Gasteiger partial charge in [0.2, 0.25) is 0 Å². The van der Waals surface area contributed by atoms with E-state index in [1.807, 2.05) is 13.8 Å². The second kappa shape index (κ2) is 6.12. The van der Waals surface area contributed by atoms with Crippen LogP contribution >= 0.6 is 0 Å². The Morgan fingerprint density at radius 2 is 2.00 bits per heavy atom. The van der Waals surface area contributed by atoms with E-state index in [9.17, 15) is 4.79 Å². The van der Waals surface area contributed by atoms with Gasteiger partial charge in [-0.25, -0.2) is 0 Å². The molecule has 0 aliphatic heterocycles.